The zero-order chi connectivity index (χ0) is 12.1. The van der Waals surface area contributed by atoms with E-state index in [9.17, 15) is 5.11 Å². The summed E-state index contributed by atoms with van der Waals surface area (Å²) < 4.78 is 10.9. The van der Waals surface area contributed by atoms with Crippen LogP contribution in [0.1, 0.15) is 18.5 Å². The number of aromatic nitrogens is 1. The minimum Gasteiger partial charge on any atom is -0.390 e. The summed E-state index contributed by atoms with van der Waals surface area (Å²) in [4.78, 5) is 4.23. The maximum absolute atomic E-state index is 10.4. The molecule has 0 radical (unpaired) electrons. The van der Waals surface area contributed by atoms with E-state index in [1.807, 2.05) is 18.2 Å². The van der Waals surface area contributed by atoms with E-state index >= 15 is 0 Å². The topological polar surface area (TPSA) is 51.6 Å². The molecule has 0 saturated carbocycles. The smallest absolute Gasteiger partial charge is 0.0983 e. The number of ether oxygens (including phenoxy) is 2. The van der Waals surface area contributed by atoms with Crippen LogP contribution >= 0.6 is 0 Å². The van der Waals surface area contributed by atoms with Crippen LogP contribution in [0.5, 0.6) is 0 Å². The van der Waals surface area contributed by atoms with E-state index in [2.05, 4.69) is 4.98 Å². The van der Waals surface area contributed by atoms with Crippen LogP contribution < -0.4 is 0 Å². The molecule has 1 aliphatic rings. The van der Waals surface area contributed by atoms with Gasteiger partial charge in [0.25, 0.3) is 0 Å². The van der Waals surface area contributed by atoms with Crippen LogP contribution in [0.15, 0.2) is 24.4 Å². The third-order valence-electron chi connectivity index (χ3n) is 3.48. The van der Waals surface area contributed by atoms with E-state index < -0.39 is 11.7 Å². The maximum Gasteiger partial charge on any atom is 0.0983 e. The third-order valence-corrected chi connectivity index (χ3v) is 3.48. The summed E-state index contributed by atoms with van der Waals surface area (Å²) in [6.07, 6.45) is 3.20. The fourth-order valence-corrected chi connectivity index (χ4v) is 2.29. The van der Waals surface area contributed by atoms with E-state index in [0.29, 0.717) is 19.6 Å². The minimum atomic E-state index is -0.536. The van der Waals surface area contributed by atoms with Crippen LogP contribution in [0.25, 0.3) is 0 Å². The van der Waals surface area contributed by atoms with Crippen molar-refractivity contribution in [3.8, 4) is 0 Å². The van der Waals surface area contributed by atoms with E-state index in [4.69, 9.17) is 9.47 Å². The summed E-state index contributed by atoms with van der Waals surface area (Å²) in [7, 11) is 1.66. The number of pyridine rings is 1. The van der Waals surface area contributed by atoms with Crippen molar-refractivity contribution >= 4 is 0 Å². The van der Waals surface area contributed by atoms with Crippen LogP contribution in [0.3, 0.4) is 0 Å². The Balaban J connectivity index is 2.04. The minimum absolute atomic E-state index is 0.476. The molecular weight excluding hydrogens is 218 g/mol. The fourth-order valence-electron chi connectivity index (χ4n) is 2.29. The normalized spacial score (nSPS) is 21.1. The predicted octanol–water partition coefficient (Wildman–Crippen LogP) is 1.18. The first-order chi connectivity index (χ1) is 8.27. The molecule has 0 aliphatic carbocycles. The highest BCUT2D eigenvalue weighted by atomic mass is 16.5. The number of methoxy groups -OCH3 is 1. The molecule has 1 atom stereocenters. The lowest BCUT2D eigenvalue weighted by atomic mass is 9.85. The van der Waals surface area contributed by atoms with Crippen LogP contribution in [0.2, 0.25) is 0 Å². The van der Waals surface area contributed by atoms with Gasteiger partial charge in [0.1, 0.15) is 0 Å². The van der Waals surface area contributed by atoms with Crippen LogP contribution in [0, 0.1) is 0 Å². The molecule has 1 fully saturated rings. The second-order valence-corrected chi connectivity index (χ2v) is 4.42. The Morgan fingerprint density at radius 1 is 1.47 bits per heavy atom. The Kier molecular flexibility index (Phi) is 4.10. The summed E-state index contributed by atoms with van der Waals surface area (Å²) in [5.74, 6) is 0. The highest BCUT2D eigenvalue weighted by Gasteiger charge is 2.39. The molecule has 4 heteroatoms. The van der Waals surface area contributed by atoms with Gasteiger partial charge in [-0.05, 0) is 12.1 Å². The second-order valence-electron chi connectivity index (χ2n) is 4.42. The molecule has 1 aromatic heterocycles. The molecule has 0 aromatic carbocycles. The van der Waals surface area contributed by atoms with Gasteiger partial charge in [0.15, 0.2) is 0 Å². The van der Waals surface area contributed by atoms with Gasteiger partial charge < -0.3 is 14.6 Å². The van der Waals surface area contributed by atoms with Crippen molar-refractivity contribution in [1.82, 2.24) is 4.98 Å². The molecule has 1 saturated heterocycles. The first kappa shape index (κ1) is 12.5. The Labute approximate surface area is 102 Å². The molecular formula is C13H19NO3. The molecule has 17 heavy (non-hydrogen) atoms. The van der Waals surface area contributed by atoms with E-state index in [-0.39, 0.29) is 0 Å². The second kappa shape index (κ2) is 5.58. The number of hydrogen-bond acceptors (Lipinski definition) is 4. The number of hydrogen-bond donors (Lipinski definition) is 1. The molecule has 1 aliphatic heterocycles. The van der Waals surface area contributed by atoms with Crippen LogP contribution in [0.4, 0.5) is 0 Å². The third kappa shape index (κ3) is 2.83. The highest BCUT2D eigenvalue weighted by Crippen LogP contribution is 2.29. The maximum atomic E-state index is 10.4. The van der Waals surface area contributed by atoms with E-state index in [1.165, 1.54) is 0 Å². The van der Waals surface area contributed by atoms with Gasteiger partial charge in [-0.2, -0.15) is 0 Å². The van der Waals surface area contributed by atoms with Gasteiger partial charge in [0.05, 0.1) is 11.7 Å². The summed E-state index contributed by atoms with van der Waals surface area (Å²) in [5.41, 5.74) is 0.415. The Morgan fingerprint density at radius 2 is 2.24 bits per heavy atom. The number of aliphatic hydroxyl groups excluding tert-OH is 1. The van der Waals surface area contributed by atoms with Crippen molar-refractivity contribution < 1.29 is 14.6 Å². The molecule has 2 rings (SSSR count). The molecule has 2 heterocycles. The van der Waals surface area contributed by atoms with Crippen molar-refractivity contribution in [1.29, 1.82) is 0 Å². The average molecular weight is 237 g/mol. The molecule has 1 aromatic rings. The Morgan fingerprint density at radius 3 is 2.82 bits per heavy atom. The molecule has 0 amide bonds. The average Bonchev–Trinajstić information content (AvgIpc) is 2.40. The standard InChI is InChI=1S/C13H19NO3/c1-16-13(5-8-17-9-6-13)12(15)10-11-4-2-3-7-14-11/h2-4,7,12,15H,5-6,8-10H2,1H3. The Bertz CT molecular complexity index is 336. The van der Waals surface area contributed by atoms with Gasteiger partial charge in [-0.3, -0.25) is 4.98 Å². The van der Waals surface area contributed by atoms with E-state index in [0.717, 1.165) is 18.5 Å². The highest BCUT2D eigenvalue weighted by molar-refractivity contribution is 5.07. The number of nitrogens with zero attached hydrogens (tertiary/aromatic N) is 1. The van der Waals surface area contributed by atoms with Crippen LogP contribution in [-0.4, -0.2) is 42.1 Å². The summed E-state index contributed by atoms with van der Waals surface area (Å²) >= 11 is 0. The first-order valence-electron chi connectivity index (χ1n) is 5.98. The van der Waals surface area contributed by atoms with Gasteiger partial charge >= 0.3 is 0 Å². The number of rotatable bonds is 4. The lowest BCUT2D eigenvalue weighted by Gasteiger charge is -2.39. The van der Waals surface area contributed by atoms with Crippen molar-refractivity contribution in [2.24, 2.45) is 0 Å². The molecule has 0 spiro atoms. The fraction of sp³-hybridized carbons (Fsp3) is 0.615. The van der Waals surface area contributed by atoms with Gasteiger partial charge in [-0.25, -0.2) is 0 Å². The van der Waals surface area contributed by atoms with Crippen molar-refractivity contribution in [3.05, 3.63) is 30.1 Å². The summed E-state index contributed by atoms with van der Waals surface area (Å²) in [6, 6.07) is 5.72. The zero-order valence-corrected chi connectivity index (χ0v) is 10.1. The van der Waals surface area contributed by atoms with Gasteiger partial charge in [0, 0.05) is 51.5 Å². The molecule has 4 nitrogen and oxygen atoms in total. The molecule has 0 bridgehead atoms. The monoisotopic (exact) mass is 237 g/mol. The van der Waals surface area contributed by atoms with Gasteiger partial charge in [0.2, 0.25) is 0 Å². The van der Waals surface area contributed by atoms with Crippen molar-refractivity contribution in [2.45, 2.75) is 31.0 Å². The number of aliphatic hydroxyl groups is 1. The quantitative estimate of drug-likeness (QED) is 0.854. The first-order valence-corrected chi connectivity index (χ1v) is 5.98. The largest absolute Gasteiger partial charge is 0.390 e. The van der Waals surface area contributed by atoms with Crippen molar-refractivity contribution in [3.63, 3.8) is 0 Å². The van der Waals surface area contributed by atoms with E-state index in [1.54, 1.807) is 13.3 Å². The lowest BCUT2D eigenvalue weighted by Crippen LogP contribution is -2.49. The summed E-state index contributed by atoms with van der Waals surface area (Å²) in [5, 5.41) is 10.4. The lowest BCUT2D eigenvalue weighted by molar-refractivity contribution is -0.151. The zero-order valence-electron chi connectivity index (χ0n) is 10.1. The molecule has 1 N–H and O–H groups in total. The summed E-state index contributed by atoms with van der Waals surface area (Å²) in [6.45, 7) is 1.29. The molecule has 94 valence electrons. The SMILES string of the molecule is COC1(C(O)Cc2ccccn2)CCOCC1. The Hall–Kier alpha value is -0.970. The van der Waals surface area contributed by atoms with Gasteiger partial charge in [-0.15, -0.1) is 0 Å². The predicted molar refractivity (Wildman–Crippen MR) is 63.7 cm³/mol. The van der Waals surface area contributed by atoms with Crippen LogP contribution in [-0.2, 0) is 15.9 Å². The van der Waals surface area contributed by atoms with Crippen molar-refractivity contribution in [2.75, 3.05) is 20.3 Å². The molecule has 1 unspecified atom stereocenters. The van der Waals surface area contributed by atoms with Gasteiger partial charge in [-0.1, -0.05) is 6.07 Å².